The molecule has 0 bridgehead atoms. The SMILES string of the molecule is CCCCC/C=C\C/C=C\C/C=C\C/C=C\CCCCCC(=O)OC[C@H](COP(=O)(O)O)OC(=O)CCCCCCC/C=C\C=C\C(=O)CCCCC. The maximum atomic E-state index is 12.4. The molecule has 0 aliphatic heterocycles. The van der Waals surface area contributed by atoms with Crippen LogP contribution in [-0.4, -0.2) is 46.8 Å². The van der Waals surface area contributed by atoms with Crippen LogP contribution >= 0.6 is 7.82 Å². The number of ketones is 1. The number of phosphoric ester groups is 1. The average molecular weight is 763 g/mol. The van der Waals surface area contributed by atoms with E-state index in [4.69, 9.17) is 19.3 Å². The topological polar surface area (TPSA) is 136 Å². The van der Waals surface area contributed by atoms with E-state index in [9.17, 15) is 18.9 Å². The van der Waals surface area contributed by atoms with Crippen LogP contribution in [0, 0.1) is 0 Å². The van der Waals surface area contributed by atoms with E-state index in [1.807, 2.05) is 6.08 Å². The second-order valence-corrected chi connectivity index (χ2v) is 14.5. The highest BCUT2D eigenvalue weighted by molar-refractivity contribution is 7.46. The molecule has 0 radical (unpaired) electrons. The lowest BCUT2D eigenvalue weighted by Crippen LogP contribution is -2.29. The first-order chi connectivity index (χ1) is 25.7. The lowest BCUT2D eigenvalue weighted by molar-refractivity contribution is -0.161. The first kappa shape index (κ1) is 50.2. The van der Waals surface area contributed by atoms with Crippen LogP contribution in [0.5, 0.6) is 0 Å². The van der Waals surface area contributed by atoms with Crippen molar-refractivity contribution < 1.29 is 42.7 Å². The fourth-order valence-electron chi connectivity index (χ4n) is 5.10. The third-order valence-corrected chi connectivity index (χ3v) is 8.66. The van der Waals surface area contributed by atoms with Crippen LogP contribution in [0.1, 0.15) is 162 Å². The zero-order valence-corrected chi connectivity index (χ0v) is 33.8. The Kier molecular flexibility index (Phi) is 35.5. The average Bonchev–Trinajstić information content (AvgIpc) is 3.12. The van der Waals surface area contributed by atoms with E-state index in [1.165, 1.54) is 25.7 Å². The Bertz CT molecular complexity index is 1150. The molecule has 0 spiro atoms. The summed E-state index contributed by atoms with van der Waals surface area (Å²) < 4.78 is 26.3. The molecule has 0 saturated heterocycles. The standard InChI is InChI=1S/C43H71O9P/c1-3-5-7-8-9-10-11-12-13-14-15-16-17-18-19-22-25-28-32-36-42(45)50-38-41(39-51-53(47,48)49)52-43(46)37-33-29-26-23-20-21-24-27-31-35-40(44)34-30-6-4-2/h9-10,12-13,15-16,18-19,24,27,31,35,41H,3-8,11,14,17,20-23,25-26,28-30,32-34,36-39H2,1-2H3,(H2,47,48,49)/b10-9-,13-12-,16-15-,19-18-,27-24-,35-31+/t41-/m1/s1. The van der Waals surface area contributed by atoms with Crippen molar-refractivity contribution >= 4 is 25.5 Å². The molecule has 53 heavy (non-hydrogen) atoms. The van der Waals surface area contributed by atoms with Gasteiger partial charge in [0, 0.05) is 19.3 Å². The van der Waals surface area contributed by atoms with Gasteiger partial charge >= 0.3 is 19.8 Å². The summed E-state index contributed by atoms with van der Waals surface area (Å²) in [5, 5.41) is 0. The van der Waals surface area contributed by atoms with E-state index in [2.05, 4.69) is 73.1 Å². The van der Waals surface area contributed by atoms with Crippen molar-refractivity contribution in [2.75, 3.05) is 13.2 Å². The third kappa shape index (κ3) is 40.2. The lowest BCUT2D eigenvalue weighted by atomic mass is 10.1. The summed E-state index contributed by atoms with van der Waals surface area (Å²) in [5.41, 5.74) is 0. The van der Waals surface area contributed by atoms with Gasteiger partial charge in [-0.1, -0.05) is 132 Å². The van der Waals surface area contributed by atoms with E-state index in [1.54, 1.807) is 12.2 Å². The van der Waals surface area contributed by atoms with Crippen LogP contribution < -0.4 is 0 Å². The van der Waals surface area contributed by atoms with Crippen LogP contribution in [0.4, 0.5) is 0 Å². The maximum absolute atomic E-state index is 12.4. The normalized spacial score (nSPS) is 13.1. The van der Waals surface area contributed by atoms with Gasteiger partial charge in [-0.15, -0.1) is 0 Å². The molecular formula is C43H71O9P. The second kappa shape index (κ2) is 37.5. The number of allylic oxidation sites excluding steroid dienone is 12. The molecule has 10 heteroatoms. The Morgan fingerprint density at radius 3 is 1.62 bits per heavy atom. The quantitative estimate of drug-likeness (QED) is 0.0160. The minimum absolute atomic E-state index is 0.150. The minimum atomic E-state index is -4.79. The molecule has 0 aliphatic carbocycles. The Labute approximate surface area is 321 Å². The molecule has 1 atom stereocenters. The molecule has 0 unspecified atom stereocenters. The molecule has 2 N–H and O–H groups in total. The van der Waals surface area contributed by atoms with Gasteiger partial charge in [0.1, 0.15) is 6.61 Å². The summed E-state index contributed by atoms with van der Waals surface area (Å²) in [7, 11) is -4.79. The van der Waals surface area contributed by atoms with Gasteiger partial charge in [0.15, 0.2) is 11.9 Å². The number of esters is 2. The van der Waals surface area contributed by atoms with Gasteiger partial charge in [-0.2, -0.15) is 0 Å². The van der Waals surface area contributed by atoms with Gasteiger partial charge in [0.25, 0.3) is 0 Å². The molecule has 0 aromatic carbocycles. The van der Waals surface area contributed by atoms with Gasteiger partial charge in [0.2, 0.25) is 0 Å². The van der Waals surface area contributed by atoms with Crippen LogP contribution in [-0.2, 0) is 32.9 Å². The van der Waals surface area contributed by atoms with Crippen molar-refractivity contribution in [3.63, 3.8) is 0 Å². The largest absolute Gasteiger partial charge is 0.469 e. The zero-order chi connectivity index (χ0) is 39.1. The van der Waals surface area contributed by atoms with Crippen LogP contribution in [0.2, 0.25) is 0 Å². The molecular weight excluding hydrogens is 691 g/mol. The van der Waals surface area contributed by atoms with Crippen LogP contribution in [0.25, 0.3) is 0 Å². The molecule has 302 valence electrons. The second-order valence-electron chi connectivity index (χ2n) is 13.3. The van der Waals surface area contributed by atoms with E-state index in [0.717, 1.165) is 89.9 Å². The lowest BCUT2D eigenvalue weighted by Gasteiger charge is -2.18. The van der Waals surface area contributed by atoms with Gasteiger partial charge in [-0.25, -0.2) is 4.57 Å². The van der Waals surface area contributed by atoms with Gasteiger partial charge in [0.05, 0.1) is 6.61 Å². The Morgan fingerprint density at radius 1 is 0.547 bits per heavy atom. The van der Waals surface area contributed by atoms with Crippen LogP contribution in [0.3, 0.4) is 0 Å². The monoisotopic (exact) mass is 762 g/mol. The first-order valence-electron chi connectivity index (χ1n) is 20.2. The van der Waals surface area contributed by atoms with E-state index in [0.29, 0.717) is 19.3 Å². The molecule has 0 amide bonds. The fraction of sp³-hybridized carbons (Fsp3) is 0.651. The van der Waals surface area contributed by atoms with Crippen molar-refractivity contribution in [3.8, 4) is 0 Å². The molecule has 0 rings (SSSR count). The highest BCUT2D eigenvalue weighted by Crippen LogP contribution is 2.36. The smallest absolute Gasteiger partial charge is 0.462 e. The molecule has 0 aliphatic rings. The molecule has 0 aromatic heterocycles. The van der Waals surface area contributed by atoms with Crippen molar-refractivity contribution in [1.82, 2.24) is 0 Å². The third-order valence-electron chi connectivity index (χ3n) is 8.17. The van der Waals surface area contributed by atoms with Crippen molar-refractivity contribution in [1.29, 1.82) is 0 Å². The molecule has 9 nitrogen and oxygen atoms in total. The first-order valence-corrected chi connectivity index (χ1v) is 21.7. The maximum Gasteiger partial charge on any atom is 0.469 e. The van der Waals surface area contributed by atoms with Crippen molar-refractivity contribution in [3.05, 3.63) is 72.9 Å². The van der Waals surface area contributed by atoms with E-state index >= 15 is 0 Å². The minimum Gasteiger partial charge on any atom is -0.462 e. The van der Waals surface area contributed by atoms with Gasteiger partial charge in [-0.3, -0.25) is 18.9 Å². The number of carbonyl (C=O) groups is 3. The zero-order valence-electron chi connectivity index (χ0n) is 32.9. The number of rotatable bonds is 36. The predicted octanol–water partition coefficient (Wildman–Crippen LogP) is 11.5. The Hall–Kier alpha value is -2.84. The fourth-order valence-corrected chi connectivity index (χ4v) is 5.46. The Balaban J connectivity index is 4.09. The van der Waals surface area contributed by atoms with Crippen molar-refractivity contribution in [2.24, 2.45) is 0 Å². The summed E-state index contributed by atoms with van der Waals surface area (Å²) in [4.78, 5) is 54.5. The number of ether oxygens (including phenoxy) is 2. The summed E-state index contributed by atoms with van der Waals surface area (Å²) in [6, 6.07) is 0. The molecule has 0 fully saturated rings. The molecule has 0 saturated carbocycles. The number of phosphoric acid groups is 1. The number of hydrogen-bond acceptors (Lipinski definition) is 7. The number of unbranched alkanes of at least 4 members (excludes halogenated alkanes) is 13. The molecule has 0 heterocycles. The highest BCUT2D eigenvalue weighted by atomic mass is 31.2. The summed E-state index contributed by atoms with van der Waals surface area (Å²) in [6.07, 6.45) is 44.6. The van der Waals surface area contributed by atoms with Gasteiger partial charge in [-0.05, 0) is 83.1 Å². The summed E-state index contributed by atoms with van der Waals surface area (Å²) >= 11 is 0. The van der Waals surface area contributed by atoms with Crippen LogP contribution in [0.15, 0.2) is 72.9 Å². The summed E-state index contributed by atoms with van der Waals surface area (Å²) in [5.74, 6) is -0.822. The Morgan fingerprint density at radius 2 is 1.02 bits per heavy atom. The number of hydrogen-bond donors (Lipinski definition) is 2. The molecule has 0 aromatic rings. The van der Waals surface area contributed by atoms with E-state index < -0.39 is 32.5 Å². The van der Waals surface area contributed by atoms with E-state index in [-0.39, 0.29) is 25.2 Å². The summed E-state index contributed by atoms with van der Waals surface area (Å²) in [6.45, 7) is 3.43. The predicted molar refractivity (Wildman–Crippen MR) is 216 cm³/mol. The van der Waals surface area contributed by atoms with Gasteiger partial charge < -0.3 is 19.3 Å². The number of carbonyl (C=O) groups excluding carboxylic acids is 3. The highest BCUT2D eigenvalue weighted by Gasteiger charge is 2.22. The van der Waals surface area contributed by atoms with Crippen molar-refractivity contribution in [2.45, 2.75) is 168 Å².